The number of alkyl halides is 6. The van der Waals surface area contributed by atoms with Gasteiger partial charge in [-0.25, -0.2) is 24.7 Å². The van der Waals surface area contributed by atoms with Crippen molar-refractivity contribution in [2.24, 2.45) is 5.73 Å². The lowest BCUT2D eigenvalue weighted by molar-refractivity contribution is -0.275. The second-order valence-corrected chi connectivity index (χ2v) is 17.9. The van der Waals surface area contributed by atoms with Crippen molar-refractivity contribution in [2.45, 2.75) is 55.7 Å². The molecule has 0 spiro atoms. The molecule has 4 aromatic carbocycles. The number of hydrogen-bond donors (Lipinski definition) is 7. The summed E-state index contributed by atoms with van der Waals surface area (Å²) in [6.45, 7) is 1.25. The van der Waals surface area contributed by atoms with E-state index >= 15 is 0 Å². The Bertz CT molecular complexity index is 2900. The third-order valence-corrected chi connectivity index (χ3v) is 12.6. The number of urea groups is 1. The minimum atomic E-state index is -4.77. The fraction of sp³-hybridized carbons (Fsp3) is 0.280. The first-order chi connectivity index (χ1) is 35.9. The molecule has 2 aliphatic heterocycles. The number of nitrogens with two attached hydrogens (primary N) is 1. The number of aromatic nitrogens is 4. The molecule has 2 aromatic heterocycles. The van der Waals surface area contributed by atoms with Gasteiger partial charge in [0.15, 0.2) is 0 Å². The highest BCUT2D eigenvalue weighted by atomic mass is 32.2. The van der Waals surface area contributed by atoms with Gasteiger partial charge in [0.1, 0.15) is 35.8 Å². The number of nitrogens with zero attached hydrogens (tertiary/aromatic N) is 4. The molecule has 0 radical (unpaired) electrons. The summed E-state index contributed by atoms with van der Waals surface area (Å²) in [6, 6.07) is 27.6. The van der Waals surface area contributed by atoms with Crippen LogP contribution in [0.3, 0.4) is 0 Å². The van der Waals surface area contributed by atoms with E-state index in [1.54, 1.807) is 60.7 Å². The number of nitrogens with one attached hydrogen (secondary N) is 6. The number of fused-ring (bicyclic) bond motifs is 1. The Morgan fingerprint density at radius 2 is 1.20 bits per heavy atom. The number of anilines is 4. The van der Waals surface area contributed by atoms with Crippen LogP contribution in [0, 0.1) is 0 Å². The van der Waals surface area contributed by atoms with Gasteiger partial charge in [-0.15, -0.1) is 26.3 Å². The van der Waals surface area contributed by atoms with Crippen LogP contribution >= 0.6 is 11.8 Å². The Kier molecular flexibility index (Phi) is 18.7. The number of carbonyl (C=O) groups excluding carboxylic acids is 4. The summed E-state index contributed by atoms with van der Waals surface area (Å²) in [4.78, 5) is 64.3. The molecule has 8 N–H and O–H groups in total. The van der Waals surface area contributed by atoms with Gasteiger partial charge in [-0.2, -0.15) is 11.8 Å². The molecule has 4 heterocycles. The molecular weight excluding hydrogens is 1010 g/mol. The molecule has 0 bridgehead atoms. The van der Waals surface area contributed by atoms with Crippen LogP contribution in [0.25, 0.3) is 22.5 Å². The lowest BCUT2D eigenvalue weighted by atomic mass is 10.0. The lowest BCUT2D eigenvalue weighted by Gasteiger charge is -2.16. The second-order valence-electron chi connectivity index (χ2n) is 16.6. The van der Waals surface area contributed by atoms with Gasteiger partial charge in [-0.1, -0.05) is 30.7 Å². The number of carbonyl (C=O) groups is 4. The van der Waals surface area contributed by atoms with Gasteiger partial charge in [-0.05, 0) is 85.6 Å². The van der Waals surface area contributed by atoms with Crippen molar-refractivity contribution in [2.75, 3.05) is 42.7 Å². The van der Waals surface area contributed by atoms with Gasteiger partial charge >= 0.3 is 18.8 Å². The van der Waals surface area contributed by atoms with Crippen molar-refractivity contribution >= 4 is 58.5 Å². The third-order valence-electron chi connectivity index (χ3n) is 11.1. The maximum absolute atomic E-state index is 12.7. The van der Waals surface area contributed by atoms with Crippen LogP contribution < -0.4 is 47.1 Å². The quantitative estimate of drug-likeness (QED) is 0.0204. The number of unbranched alkanes of at least 4 members (excludes halogenated alkanes) is 1. The summed E-state index contributed by atoms with van der Waals surface area (Å²) < 4.78 is 87.0. The number of primary amides is 1. The molecule has 2 saturated heterocycles. The van der Waals surface area contributed by atoms with E-state index in [1.807, 2.05) is 11.8 Å². The van der Waals surface area contributed by atoms with Crippen molar-refractivity contribution in [1.82, 2.24) is 41.2 Å². The molecule has 0 aliphatic carbocycles. The Morgan fingerprint density at radius 3 is 1.75 bits per heavy atom. The molecule has 2 fully saturated rings. The molecular formula is C50H49F6N11O7S. The Balaban J connectivity index is 0.000000256. The topological polar surface area (TPSA) is 246 Å². The van der Waals surface area contributed by atoms with Crippen molar-refractivity contribution in [3.05, 3.63) is 133 Å². The number of thioether (sulfide) groups is 1. The van der Waals surface area contributed by atoms with Crippen LogP contribution in [-0.2, 0) is 9.53 Å². The van der Waals surface area contributed by atoms with Crippen molar-refractivity contribution < 1.29 is 59.7 Å². The zero-order valence-corrected chi connectivity index (χ0v) is 40.4. The van der Waals surface area contributed by atoms with Gasteiger partial charge in [-0.3, -0.25) is 14.4 Å². The Hall–Kier alpha value is -8.19. The van der Waals surface area contributed by atoms with Gasteiger partial charge in [0.25, 0.3) is 5.91 Å². The summed E-state index contributed by atoms with van der Waals surface area (Å²) in [7, 11) is 0. The Morgan fingerprint density at radius 1 is 0.667 bits per heavy atom. The number of ether oxygens (including phenoxy) is 3. The van der Waals surface area contributed by atoms with Gasteiger partial charge < -0.3 is 51.8 Å². The van der Waals surface area contributed by atoms with Crippen LogP contribution in [0.2, 0.25) is 0 Å². The molecule has 0 saturated carbocycles. The summed E-state index contributed by atoms with van der Waals surface area (Å²) in [5, 5.41) is 17.9. The monoisotopic (exact) mass is 1060 g/mol. The van der Waals surface area contributed by atoms with Gasteiger partial charge in [0, 0.05) is 76.3 Å². The van der Waals surface area contributed by atoms with Gasteiger partial charge in [0.2, 0.25) is 11.8 Å². The molecule has 18 nitrogen and oxygen atoms in total. The maximum atomic E-state index is 12.7. The average Bonchev–Trinajstić information content (AvgIpc) is 3.94. The highest BCUT2D eigenvalue weighted by Crippen LogP contribution is 2.34. The molecule has 3 atom stereocenters. The zero-order chi connectivity index (χ0) is 53.4. The molecule has 75 heavy (non-hydrogen) atoms. The first kappa shape index (κ1) is 54.6. The van der Waals surface area contributed by atoms with Gasteiger partial charge in [0.05, 0.1) is 36.7 Å². The van der Waals surface area contributed by atoms with Crippen LogP contribution in [0.1, 0.15) is 46.4 Å². The summed E-state index contributed by atoms with van der Waals surface area (Å²) in [5.41, 5.74) is 9.48. The Labute approximate surface area is 429 Å². The fourth-order valence-corrected chi connectivity index (χ4v) is 9.20. The predicted octanol–water partition coefficient (Wildman–Crippen LogP) is 8.26. The summed E-state index contributed by atoms with van der Waals surface area (Å²) in [6.07, 6.45) is -3.73. The van der Waals surface area contributed by atoms with E-state index in [1.165, 1.54) is 61.2 Å². The molecule has 5 amide bonds. The highest BCUT2D eigenvalue weighted by Gasteiger charge is 2.42. The van der Waals surface area contributed by atoms with Crippen LogP contribution in [0.15, 0.2) is 122 Å². The summed E-state index contributed by atoms with van der Waals surface area (Å²) in [5.74, 6) is 0.231. The molecule has 6 aromatic rings. The SMILES string of the molecule is NC(=O)c1cccc(-c2cc(Nc3ccc(OC(F)(F)F)cc3)ncn2)c1.O=C(CCCCC1SCC2NC(=O)NC21)NCCOCCNC(=O)c1cccc(-c2cc(Nc3ccc(OC(F)(F)F)cc3)ncn2)c1. The highest BCUT2D eigenvalue weighted by molar-refractivity contribution is 8.00. The molecule has 25 heteroatoms. The molecule has 8 rings (SSSR count). The summed E-state index contributed by atoms with van der Waals surface area (Å²) >= 11 is 1.87. The second kappa shape index (κ2) is 25.7. The van der Waals surface area contributed by atoms with Crippen LogP contribution in [0.4, 0.5) is 54.1 Å². The predicted molar refractivity (Wildman–Crippen MR) is 266 cm³/mol. The minimum Gasteiger partial charge on any atom is -0.406 e. The number of halogens is 6. The zero-order valence-electron chi connectivity index (χ0n) is 39.5. The normalized spacial score (nSPS) is 15.8. The molecule has 394 valence electrons. The van der Waals surface area contributed by atoms with E-state index in [0.29, 0.717) is 81.5 Å². The van der Waals surface area contributed by atoms with E-state index in [0.717, 1.165) is 25.0 Å². The molecule has 3 unspecified atom stereocenters. The number of hydrogen-bond acceptors (Lipinski definition) is 14. The smallest absolute Gasteiger partial charge is 0.406 e. The third kappa shape index (κ3) is 17.5. The number of benzene rings is 4. The number of amides is 5. The van der Waals surface area contributed by atoms with Crippen molar-refractivity contribution in [3.8, 4) is 34.0 Å². The van der Waals surface area contributed by atoms with E-state index in [2.05, 4.69) is 61.3 Å². The maximum Gasteiger partial charge on any atom is 0.573 e. The standard InChI is InChI=1S/C32H36F3N7O5S.C18H13F3N4O2/c33-32(34,35)47-23-10-8-22(9-11-23)40-27-17-24(38-19-39-27)20-4-3-5-21(16-20)30(44)37-13-15-46-14-12-36-28(43)7-2-1-6-26-29-25(18-48-26)41-31(45)42-29;19-18(20,21)27-14-6-4-13(5-7-14)25-16-9-15(23-10-24-16)11-2-1-3-12(8-11)17(22)26/h3-5,8-11,16-17,19,25-26,29H,1-2,6-7,12-15,18H2,(H,36,43)(H,37,44)(H,38,39,40)(H2,41,42,45);1-10H,(H2,22,26)(H,23,24,25). The van der Waals surface area contributed by atoms with E-state index in [4.69, 9.17) is 10.5 Å². The largest absolute Gasteiger partial charge is 0.573 e. The van der Waals surface area contributed by atoms with Crippen LogP contribution in [-0.4, -0.2) is 106 Å². The number of rotatable bonds is 21. The fourth-order valence-electron chi connectivity index (χ4n) is 7.66. The lowest BCUT2D eigenvalue weighted by Crippen LogP contribution is -2.36. The molecule has 2 aliphatic rings. The van der Waals surface area contributed by atoms with E-state index in [-0.39, 0.29) is 54.6 Å². The average molecular weight is 1060 g/mol. The first-order valence-electron chi connectivity index (χ1n) is 23.1. The van der Waals surface area contributed by atoms with E-state index < -0.39 is 18.6 Å². The first-order valence-corrected chi connectivity index (χ1v) is 24.2. The van der Waals surface area contributed by atoms with E-state index in [9.17, 15) is 45.5 Å². The minimum absolute atomic E-state index is 0.0280. The van der Waals surface area contributed by atoms with Crippen molar-refractivity contribution in [1.29, 1.82) is 0 Å². The van der Waals surface area contributed by atoms with Crippen molar-refractivity contribution in [3.63, 3.8) is 0 Å². The van der Waals surface area contributed by atoms with Crippen LogP contribution in [0.5, 0.6) is 11.5 Å².